The van der Waals surface area contributed by atoms with Gasteiger partial charge >= 0.3 is 0 Å². The number of nitro groups is 1. The van der Waals surface area contributed by atoms with Crippen molar-refractivity contribution in [1.82, 2.24) is 5.32 Å². The zero-order chi connectivity index (χ0) is 14.5. The molecule has 1 aromatic rings. The molecule has 1 aliphatic carbocycles. The van der Waals surface area contributed by atoms with Gasteiger partial charge in [-0.1, -0.05) is 0 Å². The van der Waals surface area contributed by atoms with Crippen LogP contribution in [-0.2, 0) is 4.79 Å². The summed E-state index contributed by atoms with van der Waals surface area (Å²) >= 11 is 0. The quantitative estimate of drug-likeness (QED) is 0.602. The van der Waals surface area contributed by atoms with E-state index >= 15 is 0 Å². The maximum absolute atomic E-state index is 11.6. The Balaban J connectivity index is 1.92. The highest BCUT2D eigenvalue weighted by Crippen LogP contribution is 2.27. The Morgan fingerprint density at radius 2 is 2.25 bits per heavy atom. The Morgan fingerprint density at radius 3 is 2.85 bits per heavy atom. The summed E-state index contributed by atoms with van der Waals surface area (Å²) in [7, 11) is 0. The number of hydrogen-bond donors (Lipinski definition) is 2. The van der Waals surface area contributed by atoms with E-state index in [0.717, 1.165) is 12.8 Å². The van der Waals surface area contributed by atoms with Crippen LogP contribution in [0.1, 0.15) is 18.4 Å². The fourth-order valence-electron chi connectivity index (χ4n) is 1.71. The number of carbonyl (C=O) groups excluding carboxylic acids is 1. The third-order valence-electron chi connectivity index (χ3n) is 3.06. The average molecular weight is 274 g/mol. The van der Waals surface area contributed by atoms with Gasteiger partial charge in [0.15, 0.2) is 0 Å². The first-order chi connectivity index (χ1) is 9.60. The molecule has 0 unspecified atom stereocenters. The number of carbonyl (C=O) groups is 1. The van der Waals surface area contributed by atoms with Crippen molar-refractivity contribution in [3.8, 4) is 6.07 Å². The van der Waals surface area contributed by atoms with Crippen LogP contribution in [0.5, 0.6) is 0 Å². The molecule has 7 heteroatoms. The second-order valence-corrected chi connectivity index (χ2v) is 4.70. The summed E-state index contributed by atoms with van der Waals surface area (Å²) < 4.78 is 0. The molecule has 0 radical (unpaired) electrons. The Kier molecular flexibility index (Phi) is 4.15. The maximum atomic E-state index is 11.6. The number of anilines is 1. The first kappa shape index (κ1) is 13.8. The molecule has 0 aliphatic heterocycles. The van der Waals surface area contributed by atoms with E-state index in [1.165, 1.54) is 18.2 Å². The van der Waals surface area contributed by atoms with Crippen molar-refractivity contribution in [3.63, 3.8) is 0 Å². The van der Waals surface area contributed by atoms with E-state index in [9.17, 15) is 14.9 Å². The third-order valence-corrected chi connectivity index (χ3v) is 3.06. The number of non-ortho nitro benzene ring substituents is 1. The lowest BCUT2D eigenvalue weighted by Crippen LogP contribution is -2.31. The van der Waals surface area contributed by atoms with E-state index in [1.807, 2.05) is 6.07 Å². The van der Waals surface area contributed by atoms with Gasteiger partial charge in [-0.3, -0.25) is 14.9 Å². The predicted octanol–water partition coefficient (Wildman–Crippen LogP) is 1.40. The molecule has 0 bridgehead atoms. The van der Waals surface area contributed by atoms with Gasteiger partial charge in [0.1, 0.15) is 6.07 Å². The number of rotatable bonds is 6. The van der Waals surface area contributed by atoms with Gasteiger partial charge < -0.3 is 10.6 Å². The molecule has 7 nitrogen and oxygen atoms in total. The smallest absolute Gasteiger partial charge is 0.270 e. The van der Waals surface area contributed by atoms with Crippen LogP contribution in [0, 0.1) is 27.4 Å². The first-order valence-corrected chi connectivity index (χ1v) is 6.29. The largest absolute Gasteiger partial charge is 0.375 e. The summed E-state index contributed by atoms with van der Waals surface area (Å²) in [6.07, 6.45) is 2.32. The molecule has 1 aromatic carbocycles. The van der Waals surface area contributed by atoms with E-state index in [4.69, 9.17) is 5.26 Å². The van der Waals surface area contributed by atoms with Gasteiger partial charge in [-0.05, 0) is 24.8 Å². The number of benzene rings is 1. The van der Waals surface area contributed by atoms with Gasteiger partial charge in [-0.15, -0.1) is 0 Å². The normalized spacial score (nSPS) is 13.3. The lowest BCUT2D eigenvalue weighted by atomic mass is 10.1. The molecule has 0 spiro atoms. The van der Waals surface area contributed by atoms with Crippen LogP contribution in [0.4, 0.5) is 11.4 Å². The Hall–Kier alpha value is -2.62. The highest BCUT2D eigenvalue weighted by Gasteiger charge is 2.21. The van der Waals surface area contributed by atoms with E-state index in [2.05, 4.69) is 10.6 Å². The van der Waals surface area contributed by atoms with E-state index in [-0.39, 0.29) is 23.7 Å². The van der Waals surface area contributed by atoms with Gasteiger partial charge in [0.05, 0.1) is 22.7 Å². The minimum atomic E-state index is -0.563. The molecule has 2 rings (SSSR count). The first-order valence-electron chi connectivity index (χ1n) is 6.29. The van der Waals surface area contributed by atoms with Crippen LogP contribution in [-0.4, -0.2) is 23.9 Å². The molecule has 1 amide bonds. The Bertz CT molecular complexity index is 575. The standard InChI is InChI=1S/C13H14N4O3/c14-6-10-5-11(17(19)20)3-4-12(10)15-8-13(18)16-7-9-1-2-9/h3-5,9,15H,1-2,7-8H2,(H,16,18). The number of amides is 1. The second-order valence-electron chi connectivity index (χ2n) is 4.70. The van der Waals surface area contributed by atoms with Crippen molar-refractivity contribution in [3.05, 3.63) is 33.9 Å². The molecule has 0 saturated heterocycles. The molecule has 0 heterocycles. The summed E-state index contributed by atoms with van der Waals surface area (Å²) in [5, 5.41) is 25.2. The predicted molar refractivity (Wildman–Crippen MR) is 72.0 cm³/mol. The summed E-state index contributed by atoms with van der Waals surface area (Å²) in [6, 6.07) is 5.79. The van der Waals surface area contributed by atoms with Crippen molar-refractivity contribution in [2.75, 3.05) is 18.4 Å². The van der Waals surface area contributed by atoms with Gasteiger partial charge in [-0.2, -0.15) is 5.26 Å². The summed E-state index contributed by atoms with van der Waals surface area (Å²) in [6.45, 7) is 0.727. The SMILES string of the molecule is N#Cc1cc([N+](=O)[O-])ccc1NCC(=O)NCC1CC1. The Labute approximate surface area is 115 Å². The van der Waals surface area contributed by atoms with Crippen LogP contribution in [0.15, 0.2) is 18.2 Å². The van der Waals surface area contributed by atoms with Crippen LogP contribution in [0.3, 0.4) is 0 Å². The van der Waals surface area contributed by atoms with Crippen molar-refractivity contribution in [2.45, 2.75) is 12.8 Å². The van der Waals surface area contributed by atoms with Crippen LogP contribution in [0.2, 0.25) is 0 Å². The molecule has 20 heavy (non-hydrogen) atoms. The highest BCUT2D eigenvalue weighted by molar-refractivity contribution is 5.81. The molecular formula is C13H14N4O3. The highest BCUT2D eigenvalue weighted by atomic mass is 16.6. The van der Waals surface area contributed by atoms with Crippen molar-refractivity contribution in [2.24, 2.45) is 5.92 Å². The monoisotopic (exact) mass is 274 g/mol. The van der Waals surface area contributed by atoms with Gasteiger partial charge in [0.2, 0.25) is 5.91 Å². The number of nitro benzene ring substituents is 1. The van der Waals surface area contributed by atoms with E-state index in [0.29, 0.717) is 18.2 Å². The molecule has 0 atom stereocenters. The third kappa shape index (κ3) is 3.68. The van der Waals surface area contributed by atoms with E-state index < -0.39 is 4.92 Å². The number of nitriles is 1. The van der Waals surface area contributed by atoms with E-state index in [1.54, 1.807) is 0 Å². The lowest BCUT2D eigenvalue weighted by Gasteiger charge is -2.08. The van der Waals surface area contributed by atoms with Gasteiger partial charge in [-0.25, -0.2) is 0 Å². The summed E-state index contributed by atoms with van der Waals surface area (Å²) in [5.74, 6) is 0.451. The van der Waals surface area contributed by atoms with Crippen molar-refractivity contribution >= 4 is 17.3 Å². The molecule has 0 aromatic heterocycles. The number of hydrogen-bond acceptors (Lipinski definition) is 5. The molecule has 1 saturated carbocycles. The summed E-state index contributed by atoms with van der Waals surface area (Å²) in [4.78, 5) is 21.6. The maximum Gasteiger partial charge on any atom is 0.270 e. The molecular weight excluding hydrogens is 260 g/mol. The molecule has 1 fully saturated rings. The average Bonchev–Trinajstić information content (AvgIpc) is 3.26. The second kappa shape index (κ2) is 6.02. The van der Waals surface area contributed by atoms with Crippen LogP contribution < -0.4 is 10.6 Å². The number of nitrogens with zero attached hydrogens (tertiary/aromatic N) is 2. The van der Waals surface area contributed by atoms with Crippen molar-refractivity contribution < 1.29 is 9.72 Å². The lowest BCUT2D eigenvalue weighted by molar-refractivity contribution is -0.384. The number of nitrogens with one attached hydrogen (secondary N) is 2. The fraction of sp³-hybridized carbons (Fsp3) is 0.385. The minimum Gasteiger partial charge on any atom is -0.375 e. The zero-order valence-electron chi connectivity index (χ0n) is 10.8. The zero-order valence-corrected chi connectivity index (χ0v) is 10.8. The molecule has 2 N–H and O–H groups in total. The van der Waals surface area contributed by atoms with Crippen LogP contribution >= 0.6 is 0 Å². The fourth-order valence-corrected chi connectivity index (χ4v) is 1.71. The minimum absolute atomic E-state index is 0.0409. The summed E-state index contributed by atoms with van der Waals surface area (Å²) in [5.41, 5.74) is 0.416. The molecule has 104 valence electrons. The van der Waals surface area contributed by atoms with Crippen LogP contribution in [0.25, 0.3) is 0 Å². The van der Waals surface area contributed by atoms with Crippen molar-refractivity contribution in [1.29, 1.82) is 5.26 Å². The van der Waals surface area contributed by atoms with Gasteiger partial charge in [0, 0.05) is 18.7 Å². The topological polar surface area (TPSA) is 108 Å². The molecule has 1 aliphatic rings. The Morgan fingerprint density at radius 1 is 1.50 bits per heavy atom. The van der Waals surface area contributed by atoms with Gasteiger partial charge in [0.25, 0.3) is 5.69 Å².